The summed E-state index contributed by atoms with van der Waals surface area (Å²) >= 11 is 0. The average Bonchev–Trinajstić information content (AvgIpc) is 2.39. The molecule has 0 aliphatic carbocycles. The van der Waals surface area contributed by atoms with Gasteiger partial charge >= 0.3 is 0 Å². The fourth-order valence-electron chi connectivity index (χ4n) is 2.61. The van der Waals surface area contributed by atoms with Crippen molar-refractivity contribution < 1.29 is 4.79 Å². The van der Waals surface area contributed by atoms with E-state index in [9.17, 15) is 4.79 Å². The molecule has 2 rings (SSSR count). The molecule has 1 heterocycles. The summed E-state index contributed by atoms with van der Waals surface area (Å²) in [5.41, 5.74) is 2.34. The minimum Gasteiger partial charge on any atom is -0.335 e. The Hall–Kier alpha value is -1.35. The fraction of sp³-hybridized carbons (Fsp3) is 0.562. The van der Waals surface area contributed by atoms with Gasteiger partial charge in [-0.3, -0.25) is 4.79 Å². The summed E-state index contributed by atoms with van der Waals surface area (Å²) in [6.07, 6.45) is 1.55. The van der Waals surface area contributed by atoms with Crippen LogP contribution in [0.2, 0.25) is 0 Å². The van der Waals surface area contributed by atoms with Gasteiger partial charge < -0.3 is 10.2 Å². The number of hydrogen-bond donors (Lipinski definition) is 1. The maximum absolute atomic E-state index is 12.4. The van der Waals surface area contributed by atoms with Crippen molar-refractivity contribution in [1.29, 1.82) is 0 Å². The molecule has 0 saturated carbocycles. The zero-order chi connectivity index (χ0) is 13.9. The molecule has 0 aromatic heterocycles. The van der Waals surface area contributed by atoms with E-state index in [1.165, 1.54) is 5.56 Å². The first-order chi connectivity index (χ1) is 9.03. The SMILES string of the molecule is CCc1ccc(CC(=O)N2CCNCC2(C)C)cc1. The number of nitrogens with one attached hydrogen (secondary N) is 1. The average molecular weight is 260 g/mol. The van der Waals surface area contributed by atoms with Crippen LogP contribution in [0.1, 0.15) is 31.9 Å². The molecule has 1 fully saturated rings. The molecule has 0 bridgehead atoms. The van der Waals surface area contributed by atoms with Gasteiger partial charge in [0.2, 0.25) is 5.91 Å². The Labute approximate surface area is 116 Å². The predicted octanol–water partition coefficient (Wildman–Crippen LogP) is 2.00. The molecule has 1 aromatic carbocycles. The van der Waals surface area contributed by atoms with Crippen LogP contribution < -0.4 is 5.32 Å². The van der Waals surface area contributed by atoms with Crippen LogP contribution in [-0.2, 0) is 17.6 Å². The minimum absolute atomic E-state index is 0.0846. The number of nitrogens with zero attached hydrogens (tertiary/aromatic N) is 1. The molecule has 1 N–H and O–H groups in total. The molecular weight excluding hydrogens is 236 g/mol. The van der Waals surface area contributed by atoms with Crippen molar-refractivity contribution in [3.63, 3.8) is 0 Å². The number of rotatable bonds is 3. The van der Waals surface area contributed by atoms with Crippen LogP contribution in [0.15, 0.2) is 24.3 Å². The molecule has 0 unspecified atom stereocenters. The lowest BCUT2D eigenvalue weighted by atomic mass is 9.98. The van der Waals surface area contributed by atoms with E-state index in [2.05, 4.69) is 50.4 Å². The van der Waals surface area contributed by atoms with Crippen LogP contribution in [0.25, 0.3) is 0 Å². The van der Waals surface area contributed by atoms with Gasteiger partial charge in [-0.15, -0.1) is 0 Å². The highest BCUT2D eigenvalue weighted by Crippen LogP contribution is 2.18. The largest absolute Gasteiger partial charge is 0.335 e. The first kappa shape index (κ1) is 14.1. The Morgan fingerprint density at radius 3 is 2.47 bits per heavy atom. The van der Waals surface area contributed by atoms with Gasteiger partial charge in [0.05, 0.1) is 6.42 Å². The van der Waals surface area contributed by atoms with Crippen molar-refractivity contribution in [2.45, 2.75) is 39.2 Å². The molecule has 0 radical (unpaired) electrons. The third-order valence-electron chi connectivity index (χ3n) is 3.89. The molecular formula is C16H24N2O. The van der Waals surface area contributed by atoms with Gasteiger partial charge in [0.15, 0.2) is 0 Å². The van der Waals surface area contributed by atoms with Gasteiger partial charge in [-0.05, 0) is 31.4 Å². The van der Waals surface area contributed by atoms with E-state index in [-0.39, 0.29) is 11.4 Å². The number of carbonyl (C=O) groups excluding carboxylic acids is 1. The van der Waals surface area contributed by atoms with E-state index in [1.54, 1.807) is 0 Å². The van der Waals surface area contributed by atoms with E-state index in [4.69, 9.17) is 0 Å². The third kappa shape index (κ3) is 3.35. The molecule has 19 heavy (non-hydrogen) atoms. The van der Waals surface area contributed by atoms with Gasteiger partial charge in [-0.1, -0.05) is 31.2 Å². The normalized spacial score (nSPS) is 18.4. The van der Waals surface area contributed by atoms with Gasteiger partial charge in [0.1, 0.15) is 0 Å². The lowest BCUT2D eigenvalue weighted by molar-refractivity contribution is -0.136. The molecule has 1 aromatic rings. The Bertz CT molecular complexity index is 437. The summed E-state index contributed by atoms with van der Waals surface area (Å²) in [6, 6.07) is 8.38. The van der Waals surface area contributed by atoms with Gasteiger partial charge in [0, 0.05) is 25.2 Å². The van der Waals surface area contributed by atoms with E-state index in [0.717, 1.165) is 31.6 Å². The maximum atomic E-state index is 12.4. The molecule has 1 amide bonds. The van der Waals surface area contributed by atoms with Gasteiger partial charge in [-0.25, -0.2) is 0 Å². The minimum atomic E-state index is -0.0846. The quantitative estimate of drug-likeness (QED) is 0.901. The van der Waals surface area contributed by atoms with E-state index < -0.39 is 0 Å². The van der Waals surface area contributed by atoms with Crippen LogP contribution in [0.4, 0.5) is 0 Å². The Morgan fingerprint density at radius 2 is 1.89 bits per heavy atom. The Morgan fingerprint density at radius 1 is 1.26 bits per heavy atom. The third-order valence-corrected chi connectivity index (χ3v) is 3.89. The maximum Gasteiger partial charge on any atom is 0.227 e. The summed E-state index contributed by atoms with van der Waals surface area (Å²) < 4.78 is 0. The highest BCUT2D eigenvalue weighted by Gasteiger charge is 2.32. The Balaban J connectivity index is 2.03. The summed E-state index contributed by atoms with van der Waals surface area (Å²) in [4.78, 5) is 14.4. The van der Waals surface area contributed by atoms with Crippen molar-refractivity contribution >= 4 is 5.91 Å². The molecule has 1 saturated heterocycles. The number of hydrogen-bond acceptors (Lipinski definition) is 2. The molecule has 3 nitrogen and oxygen atoms in total. The highest BCUT2D eigenvalue weighted by atomic mass is 16.2. The lowest BCUT2D eigenvalue weighted by Crippen LogP contribution is -2.60. The number of piperazine rings is 1. The summed E-state index contributed by atoms with van der Waals surface area (Å²) in [5.74, 6) is 0.232. The second kappa shape index (κ2) is 5.74. The Kier molecular flexibility index (Phi) is 4.25. The molecule has 1 aliphatic rings. The first-order valence-electron chi connectivity index (χ1n) is 7.12. The van der Waals surface area contributed by atoms with Crippen molar-refractivity contribution in [2.75, 3.05) is 19.6 Å². The fourth-order valence-corrected chi connectivity index (χ4v) is 2.61. The molecule has 0 spiro atoms. The zero-order valence-electron chi connectivity index (χ0n) is 12.2. The summed E-state index contributed by atoms with van der Waals surface area (Å²) in [6.45, 7) is 8.95. The van der Waals surface area contributed by atoms with E-state index in [1.807, 2.05) is 4.90 Å². The smallest absolute Gasteiger partial charge is 0.227 e. The number of aryl methyl sites for hydroxylation is 1. The van der Waals surface area contributed by atoms with Crippen molar-refractivity contribution in [3.05, 3.63) is 35.4 Å². The molecule has 3 heteroatoms. The first-order valence-corrected chi connectivity index (χ1v) is 7.12. The number of carbonyl (C=O) groups is 1. The van der Waals surface area contributed by atoms with E-state index in [0.29, 0.717) is 6.42 Å². The monoisotopic (exact) mass is 260 g/mol. The molecule has 1 aliphatic heterocycles. The van der Waals surface area contributed by atoms with E-state index >= 15 is 0 Å². The molecule has 0 atom stereocenters. The zero-order valence-corrected chi connectivity index (χ0v) is 12.2. The second-order valence-corrected chi connectivity index (χ2v) is 5.88. The van der Waals surface area contributed by atoms with Crippen molar-refractivity contribution in [1.82, 2.24) is 10.2 Å². The van der Waals surface area contributed by atoms with Crippen LogP contribution in [0, 0.1) is 0 Å². The topological polar surface area (TPSA) is 32.3 Å². The predicted molar refractivity (Wildman–Crippen MR) is 78.2 cm³/mol. The van der Waals surface area contributed by atoms with Crippen LogP contribution in [-0.4, -0.2) is 36.0 Å². The summed E-state index contributed by atoms with van der Waals surface area (Å²) in [7, 11) is 0. The van der Waals surface area contributed by atoms with Gasteiger partial charge in [-0.2, -0.15) is 0 Å². The van der Waals surface area contributed by atoms with Crippen LogP contribution in [0.5, 0.6) is 0 Å². The standard InChI is InChI=1S/C16H24N2O/c1-4-13-5-7-14(8-6-13)11-15(19)18-10-9-17-12-16(18,2)3/h5-8,17H,4,9-12H2,1-3H3. The van der Waals surface area contributed by atoms with Crippen LogP contribution in [0.3, 0.4) is 0 Å². The second-order valence-electron chi connectivity index (χ2n) is 5.88. The number of benzene rings is 1. The number of amides is 1. The van der Waals surface area contributed by atoms with Crippen molar-refractivity contribution in [3.8, 4) is 0 Å². The highest BCUT2D eigenvalue weighted by molar-refractivity contribution is 5.79. The summed E-state index contributed by atoms with van der Waals surface area (Å²) in [5, 5.41) is 3.34. The lowest BCUT2D eigenvalue weighted by Gasteiger charge is -2.43. The van der Waals surface area contributed by atoms with Crippen LogP contribution >= 0.6 is 0 Å². The van der Waals surface area contributed by atoms with Crippen molar-refractivity contribution in [2.24, 2.45) is 0 Å². The molecule has 104 valence electrons. The van der Waals surface area contributed by atoms with Gasteiger partial charge in [0.25, 0.3) is 0 Å².